The van der Waals surface area contributed by atoms with E-state index in [-0.39, 0.29) is 6.04 Å². The van der Waals surface area contributed by atoms with Gasteiger partial charge in [-0.2, -0.15) is 0 Å². The SMILES string of the molecule is CCN(CC1CCCO1)CC(N)c1ccc(C(C)C)cc1. The lowest BCUT2D eigenvalue weighted by Crippen LogP contribution is -2.37. The van der Waals surface area contributed by atoms with Crippen molar-refractivity contribution in [1.29, 1.82) is 0 Å². The average molecular weight is 290 g/mol. The lowest BCUT2D eigenvalue weighted by molar-refractivity contribution is 0.0729. The zero-order valence-electron chi connectivity index (χ0n) is 13.7. The molecule has 2 N–H and O–H groups in total. The van der Waals surface area contributed by atoms with E-state index in [1.54, 1.807) is 0 Å². The zero-order valence-corrected chi connectivity index (χ0v) is 13.7. The number of hydrogen-bond donors (Lipinski definition) is 1. The largest absolute Gasteiger partial charge is 0.377 e. The third-order valence-corrected chi connectivity index (χ3v) is 4.42. The first kappa shape index (κ1) is 16.5. The molecule has 1 aliphatic heterocycles. The molecule has 1 aliphatic rings. The van der Waals surface area contributed by atoms with Gasteiger partial charge in [-0.25, -0.2) is 0 Å². The molecule has 0 bridgehead atoms. The molecule has 0 aliphatic carbocycles. The van der Waals surface area contributed by atoms with Crippen molar-refractivity contribution < 1.29 is 4.74 Å². The molecular formula is C18H30N2O. The van der Waals surface area contributed by atoms with Crippen LogP contribution in [0.3, 0.4) is 0 Å². The number of nitrogens with two attached hydrogens (primary N) is 1. The van der Waals surface area contributed by atoms with Crippen molar-refractivity contribution in [3.05, 3.63) is 35.4 Å². The van der Waals surface area contributed by atoms with Gasteiger partial charge >= 0.3 is 0 Å². The monoisotopic (exact) mass is 290 g/mol. The van der Waals surface area contributed by atoms with Crippen molar-refractivity contribution in [1.82, 2.24) is 4.90 Å². The Bertz CT molecular complexity index is 410. The van der Waals surface area contributed by atoms with Crippen LogP contribution in [0.15, 0.2) is 24.3 Å². The molecule has 3 nitrogen and oxygen atoms in total. The number of likely N-dealkylation sites (N-methyl/N-ethyl adjacent to an activating group) is 1. The number of rotatable bonds is 7. The van der Waals surface area contributed by atoms with Gasteiger partial charge in [-0.15, -0.1) is 0 Å². The minimum Gasteiger partial charge on any atom is -0.377 e. The van der Waals surface area contributed by atoms with Crippen LogP contribution in [0.1, 0.15) is 56.7 Å². The maximum Gasteiger partial charge on any atom is 0.0702 e. The van der Waals surface area contributed by atoms with Crippen LogP contribution in [0.5, 0.6) is 0 Å². The van der Waals surface area contributed by atoms with Gasteiger partial charge in [0.15, 0.2) is 0 Å². The standard InChI is InChI=1S/C18H30N2O/c1-4-20(12-17-6-5-11-21-17)13-18(19)16-9-7-15(8-10-16)14(2)3/h7-10,14,17-18H,4-6,11-13,19H2,1-3H3. The summed E-state index contributed by atoms with van der Waals surface area (Å²) in [7, 11) is 0. The maximum atomic E-state index is 6.39. The van der Waals surface area contributed by atoms with Crippen molar-refractivity contribution in [2.75, 3.05) is 26.2 Å². The van der Waals surface area contributed by atoms with Crippen molar-refractivity contribution in [3.63, 3.8) is 0 Å². The average Bonchev–Trinajstić information content (AvgIpc) is 2.99. The molecule has 1 aromatic rings. The molecule has 2 rings (SSSR count). The predicted octanol–water partition coefficient (Wildman–Crippen LogP) is 3.31. The van der Waals surface area contributed by atoms with Gasteiger partial charge in [0, 0.05) is 25.7 Å². The highest BCUT2D eigenvalue weighted by Crippen LogP contribution is 2.19. The summed E-state index contributed by atoms with van der Waals surface area (Å²) in [4.78, 5) is 2.41. The van der Waals surface area contributed by atoms with E-state index in [9.17, 15) is 0 Å². The van der Waals surface area contributed by atoms with E-state index in [0.717, 1.165) is 26.2 Å². The van der Waals surface area contributed by atoms with Crippen LogP contribution in [0, 0.1) is 0 Å². The quantitative estimate of drug-likeness (QED) is 0.837. The summed E-state index contributed by atoms with van der Waals surface area (Å²) in [5.74, 6) is 0.571. The van der Waals surface area contributed by atoms with Crippen LogP contribution in [0.2, 0.25) is 0 Å². The Kier molecular flexibility index (Phi) is 6.22. The number of benzene rings is 1. The molecule has 1 saturated heterocycles. The van der Waals surface area contributed by atoms with E-state index in [0.29, 0.717) is 12.0 Å². The predicted molar refractivity (Wildman–Crippen MR) is 88.5 cm³/mol. The second-order valence-corrected chi connectivity index (χ2v) is 6.42. The molecule has 0 amide bonds. The Labute approximate surface area is 129 Å². The Hall–Kier alpha value is -0.900. The molecule has 0 saturated carbocycles. The summed E-state index contributed by atoms with van der Waals surface area (Å²) < 4.78 is 5.73. The van der Waals surface area contributed by atoms with E-state index >= 15 is 0 Å². The van der Waals surface area contributed by atoms with Crippen LogP contribution in [0.4, 0.5) is 0 Å². The highest BCUT2D eigenvalue weighted by atomic mass is 16.5. The molecule has 1 fully saturated rings. The molecule has 1 aromatic carbocycles. The third kappa shape index (κ3) is 4.80. The molecule has 0 spiro atoms. The van der Waals surface area contributed by atoms with Gasteiger partial charge in [-0.1, -0.05) is 45.0 Å². The number of ether oxygens (including phenoxy) is 1. The molecule has 21 heavy (non-hydrogen) atoms. The molecule has 2 unspecified atom stereocenters. The first-order valence-corrected chi connectivity index (χ1v) is 8.29. The Balaban J connectivity index is 1.90. The summed E-state index contributed by atoms with van der Waals surface area (Å²) in [5.41, 5.74) is 8.99. The number of hydrogen-bond acceptors (Lipinski definition) is 3. The smallest absolute Gasteiger partial charge is 0.0702 e. The highest BCUT2D eigenvalue weighted by molar-refractivity contribution is 5.26. The van der Waals surface area contributed by atoms with Crippen molar-refractivity contribution in [3.8, 4) is 0 Å². The molecule has 2 atom stereocenters. The fourth-order valence-electron chi connectivity index (χ4n) is 2.92. The molecule has 118 valence electrons. The molecule has 0 radical (unpaired) electrons. The molecule has 0 aromatic heterocycles. The third-order valence-electron chi connectivity index (χ3n) is 4.42. The lowest BCUT2D eigenvalue weighted by Gasteiger charge is -2.27. The Morgan fingerprint density at radius 3 is 2.43 bits per heavy atom. The topological polar surface area (TPSA) is 38.5 Å². The fourth-order valence-corrected chi connectivity index (χ4v) is 2.92. The van der Waals surface area contributed by atoms with Gasteiger partial charge in [-0.05, 0) is 36.4 Å². The van der Waals surface area contributed by atoms with Gasteiger partial charge in [-0.3, -0.25) is 4.90 Å². The van der Waals surface area contributed by atoms with E-state index in [4.69, 9.17) is 10.5 Å². The van der Waals surface area contributed by atoms with Gasteiger partial charge in [0.25, 0.3) is 0 Å². The van der Waals surface area contributed by atoms with Crippen LogP contribution >= 0.6 is 0 Å². The summed E-state index contributed by atoms with van der Waals surface area (Å²) in [6, 6.07) is 8.85. The van der Waals surface area contributed by atoms with Gasteiger partial charge < -0.3 is 10.5 Å². The lowest BCUT2D eigenvalue weighted by atomic mass is 9.99. The molecule has 1 heterocycles. The minimum absolute atomic E-state index is 0.0764. The summed E-state index contributed by atoms with van der Waals surface area (Å²) >= 11 is 0. The second-order valence-electron chi connectivity index (χ2n) is 6.42. The van der Waals surface area contributed by atoms with E-state index in [2.05, 4.69) is 49.9 Å². The molecule has 3 heteroatoms. The summed E-state index contributed by atoms with van der Waals surface area (Å²) in [5, 5.41) is 0. The first-order valence-electron chi connectivity index (χ1n) is 8.29. The zero-order chi connectivity index (χ0) is 15.2. The highest BCUT2D eigenvalue weighted by Gasteiger charge is 2.20. The number of nitrogens with zero attached hydrogens (tertiary/aromatic N) is 1. The van der Waals surface area contributed by atoms with Gasteiger partial charge in [0.1, 0.15) is 0 Å². The van der Waals surface area contributed by atoms with Crippen LogP contribution in [-0.2, 0) is 4.74 Å². The van der Waals surface area contributed by atoms with Crippen LogP contribution in [0.25, 0.3) is 0 Å². The van der Waals surface area contributed by atoms with E-state index in [1.165, 1.54) is 24.0 Å². The van der Waals surface area contributed by atoms with Crippen molar-refractivity contribution in [2.24, 2.45) is 5.73 Å². The minimum atomic E-state index is 0.0764. The van der Waals surface area contributed by atoms with E-state index in [1.807, 2.05) is 0 Å². The van der Waals surface area contributed by atoms with Crippen LogP contribution in [-0.4, -0.2) is 37.2 Å². The van der Waals surface area contributed by atoms with Crippen LogP contribution < -0.4 is 5.73 Å². The van der Waals surface area contributed by atoms with Crippen molar-refractivity contribution in [2.45, 2.75) is 51.7 Å². The maximum absolute atomic E-state index is 6.39. The van der Waals surface area contributed by atoms with Crippen molar-refractivity contribution >= 4 is 0 Å². The van der Waals surface area contributed by atoms with Gasteiger partial charge in [0.2, 0.25) is 0 Å². The second kappa shape index (κ2) is 7.92. The van der Waals surface area contributed by atoms with E-state index < -0.39 is 0 Å². The Morgan fingerprint density at radius 1 is 1.24 bits per heavy atom. The first-order chi connectivity index (χ1) is 10.1. The van der Waals surface area contributed by atoms with Gasteiger partial charge in [0.05, 0.1) is 6.10 Å². The normalized spacial score (nSPS) is 20.4. The summed E-state index contributed by atoms with van der Waals surface area (Å²) in [6.45, 7) is 10.5. The summed E-state index contributed by atoms with van der Waals surface area (Å²) in [6.07, 6.45) is 2.79. The fraction of sp³-hybridized carbons (Fsp3) is 0.667. The Morgan fingerprint density at radius 2 is 1.90 bits per heavy atom. The molecular weight excluding hydrogens is 260 g/mol.